The summed E-state index contributed by atoms with van der Waals surface area (Å²) in [6.45, 7) is 0. The van der Waals surface area contributed by atoms with Crippen LogP contribution in [-0.2, 0) is 0 Å². The van der Waals surface area contributed by atoms with E-state index in [2.05, 4.69) is 5.22 Å². The Morgan fingerprint density at radius 2 is 1.53 bits per heavy atom. The van der Waals surface area contributed by atoms with Gasteiger partial charge in [-0.3, -0.25) is 4.79 Å². The molecule has 0 radical (unpaired) electrons. The van der Waals surface area contributed by atoms with Crippen LogP contribution >= 0.6 is 0 Å². The highest BCUT2D eigenvalue weighted by Gasteiger charge is 2.04. The van der Waals surface area contributed by atoms with E-state index in [-0.39, 0.29) is 0 Å². The van der Waals surface area contributed by atoms with Crippen LogP contribution in [0.25, 0.3) is 5.53 Å². The van der Waals surface area contributed by atoms with Crippen molar-refractivity contribution in [3.8, 4) is 0 Å². The molecule has 0 spiro atoms. The van der Waals surface area contributed by atoms with Crippen molar-refractivity contribution in [2.24, 2.45) is 0 Å². The summed E-state index contributed by atoms with van der Waals surface area (Å²) in [4.78, 5) is 10.5. The molecule has 0 saturated heterocycles. The van der Waals surface area contributed by atoms with Crippen LogP contribution in [0, 0.1) is 0 Å². The number of benzene rings is 2. The van der Waals surface area contributed by atoms with E-state index >= 15 is 0 Å². The standard InChI is InChI=1S/C13H11N3O/c14-15-16(12-4-2-1-3-5-12)13-8-6-11(10-17)7-9-13/h1-10,15H. The van der Waals surface area contributed by atoms with Gasteiger partial charge in [0, 0.05) is 16.9 Å². The second kappa shape index (κ2) is 5.03. The summed E-state index contributed by atoms with van der Waals surface area (Å²) in [7, 11) is 0. The fraction of sp³-hybridized carbons (Fsp3) is 0. The Labute approximate surface area is 99.0 Å². The van der Waals surface area contributed by atoms with E-state index < -0.39 is 0 Å². The second-order valence-corrected chi connectivity index (χ2v) is 3.48. The van der Waals surface area contributed by atoms with Crippen molar-refractivity contribution >= 4 is 17.7 Å². The minimum atomic E-state index is 0.597. The monoisotopic (exact) mass is 225 g/mol. The molecule has 0 aliphatic carbocycles. The maximum absolute atomic E-state index is 10.5. The lowest BCUT2D eigenvalue weighted by Gasteiger charge is -2.19. The predicted octanol–water partition coefficient (Wildman–Crippen LogP) is 1.65. The number of hydrazine groups is 1. The molecular formula is C13H11N3O. The van der Waals surface area contributed by atoms with E-state index in [9.17, 15) is 4.79 Å². The largest absolute Gasteiger partial charge is 0.298 e. The van der Waals surface area contributed by atoms with Gasteiger partial charge in [0.25, 0.3) is 0 Å². The van der Waals surface area contributed by atoms with Crippen LogP contribution in [0.15, 0.2) is 54.6 Å². The quantitative estimate of drug-likeness (QED) is 0.488. The highest BCUT2D eigenvalue weighted by atomic mass is 16.1. The van der Waals surface area contributed by atoms with Crippen LogP contribution in [0.2, 0.25) is 0 Å². The van der Waals surface area contributed by atoms with Crippen molar-refractivity contribution in [1.82, 2.24) is 0 Å². The number of hydrogen-bond donors (Lipinski definition) is 1. The first-order valence-electron chi connectivity index (χ1n) is 5.15. The molecule has 0 saturated carbocycles. The van der Waals surface area contributed by atoms with Gasteiger partial charge in [0.05, 0.1) is 0 Å². The fourth-order valence-electron chi connectivity index (χ4n) is 1.54. The number of carbonyl (C=O) groups is 1. The average molecular weight is 225 g/mol. The Morgan fingerprint density at radius 1 is 0.941 bits per heavy atom. The van der Waals surface area contributed by atoms with E-state index in [4.69, 9.17) is 5.53 Å². The zero-order valence-electron chi connectivity index (χ0n) is 9.08. The van der Waals surface area contributed by atoms with Gasteiger partial charge in [-0.15, -0.1) is 0 Å². The van der Waals surface area contributed by atoms with Gasteiger partial charge in [0.15, 0.2) is 0 Å². The molecule has 0 aliphatic heterocycles. The lowest BCUT2D eigenvalue weighted by atomic mass is 10.2. The number of aldehydes is 1. The maximum Gasteiger partial charge on any atom is 0.150 e. The first-order chi connectivity index (χ1) is 8.35. The third-order valence-electron chi connectivity index (χ3n) is 2.40. The topological polar surface area (TPSA) is 56.6 Å². The Morgan fingerprint density at radius 3 is 2.06 bits per heavy atom. The van der Waals surface area contributed by atoms with Gasteiger partial charge in [-0.25, -0.2) is 5.01 Å². The minimum absolute atomic E-state index is 0.597. The van der Waals surface area contributed by atoms with Gasteiger partial charge in [0.1, 0.15) is 6.29 Å². The summed E-state index contributed by atoms with van der Waals surface area (Å²) >= 11 is 0. The van der Waals surface area contributed by atoms with Gasteiger partial charge in [-0.2, -0.15) is 10.8 Å². The Balaban J connectivity index is 2.35. The molecular weight excluding hydrogens is 214 g/mol. The van der Waals surface area contributed by atoms with Crippen LogP contribution in [-0.4, -0.2) is 6.29 Å². The number of anilines is 2. The van der Waals surface area contributed by atoms with Gasteiger partial charge in [-0.05, 0) is 0 Å². The molecule has 84 valence electrons. The lowest BCUT2D eigenvalue weighted by molar-refractivity contribution is -0.484. The SMILES string of the molecule is [N-]=[NH+]N(c1ccccc1)c1ccc(C=O)cc1. The maximum atomic E-state index is 10.5. The number of hydrogen-bond acceptors (Lipinski definition) is 1. The Kier molecular flexibility index (Phi) is 3.25. The summed E-state index contributed by atoms with van der Waals surface area (Å²) in [5.74, 6) is 0. The Bertz CT molecular complexity index is 508. The van der Waals surface area contributed by atoms with Crippen molar-refractivity contribution in [2.75, 3.05) is 5.01 Å². The molecule has 1 N–H and O–H groups in total. The average Bonchev–Trinajstić information content (AvgIpc) is 2.42. The van der Waals surface area contributed by atoms with Gasteiger partial charge in [-0.1, -0.05) is 54.6 Å². The normalized spacial score (nSPS) is 9.65. The van der Waals surface area contributed by atoms with Gasteiger partial charge < -0.3 is 0 Å². The molecule has 0 bridgehead atoms. The summed E-state index contributed by atoms with van der Waals surface area (Å²) in [5.41, 5.74) is 11.3. The van der Waals surface area contributed by atoms with Crippen molar-refractivity contribution < 1.29 is 10.0 Å². The molecule has 0 unspecified atom stereocenters. The van der Waals surface area contributed by atoms with E-state index in [1.165, 1.54) is 5.01 Å². The highest BCUT2D eigenvalue weighted by molar-refractivity contribution is 5.76. The van der Waals surface area contributed by atoms with Crippen molar-refractivity contribution in [2.45, 2.75) is 0 Å². The molecule has 0 fully saturated rings. The van der Waals surface area contributed by atoms with E-state index in [0.717, 1.165) is 17.7 Å². The highest BCUT2D eigenvalue weighted by Crippen LogP contribution is 2.20. The molecule has 0 atom stereocenters. The molecule has 17 heavy (non-hydrogen) atoms. The second-order valence-electron chi connectivity index (χ2n) is 3.48. The molecule has 4 heteroatoms. The van der Waals surface area contributed by atoms with E-state index in [0.29, 0.717) is 5.56 Å². The van der Waals surface area contributed by atoms with Crippen molar-refractivity contribution in [3.63, 3.8) is 0 Å². The van der Waals surface area contributed by atoms with E-state index in [1.807, 2.05) is 30.3 Å². The molecule has 2 rings (SSSR count). The zero-order valence-corrected chi connectivity index (χ0v) is 9.08. The third kappa shape index (κ3) is 2.36. The van der Waals surface area contributed by atoms with Gasteiger partial charge in [0.2, 0.25) is 0 Å². The smallest absolute Gasteiger partial charge is 0.150 e. The molecule has 0 amide bonds. The van der Waals surface area contributed by atoms with E-state index in [1.54, 1.807) is 24.3 Å². The first-order valence-corrected chi connectivity index (χ1v) is 5.15. The number of rotatable bonds is 4. The zero-order chi connectivity index (χ0) is 12.1. The van der Waals surface area contributed by atoms with Crippen molar-refractivity contribution in [1.29, 1.82) is 0 Å². The summed E-state index contributed by atoms with van der Waals surface area (Å²) in [6.07, 6.45) is 0.781. The molecule has 0 aliphatic rings. The predicted molar refractivity (Wildman–Crippen MR) is 64.7 cm³/mol. The summed E-state index contributed by atoms with van der Waals surface area (Å²) in [6, 6.07) is 16.2. The van der Waals surface area contributed by atoms with Crippen LogP contribution < -0.4 is 10.2 Å². The number of para-hydroxylation sites is 1. The Hall–Kier alpha value is -2.49. The van der Waals surface area contributed by atoms with Crippen LogP contribution in [0.1, 0.15) is 10.4 Å². The lowest BCUT2D eigenvalue weighted by Crippen LogP contribution is -2.75. The fourth-order valence-corrected chi connectivity index (χ4v) is 1.54. The van der Waals surface area contributed by atoms with Crippen LogP contribution in [0.3, 0.4) is 0 Å². The van der Waals surface area contributed by atoms with Crippen LogP contribution in [0.4, 0.5) is 11.4 Å². The number of nitrogens with one attached hydrogen (secondary N) is 1. The van der Waals surface area contributed by atoms with Gasteiger partial charge >= 0.3 is 0 Å². The molecule has 0 heterocycles. The molecule has 2 aromatic rings. The van der Waals surface area contributed by atoms with Crippen LogP contribution in [0.5, 0.6) is 0 Å². The number of carbonyl (C=O) groups excluding carboxylic acids is 1. The van der Waals surface area contributed by atoms with Crippen molar-refractivity contribution in [3.05, 3.63) is 65.7 Å². The number of nitrogens with zero attached hydrogens (tertiary/aromatic N) is 2. The summed E-state index contributed by atoms with van der Waals surface area (Å²) in [5, 5.41) is 3.63. The minimum Gasteiger partial charge on any atom is -0.298 e. The molecule has 4 nitrogen and oxygen atoms in total. The third-order valence-corrected chi connectivity index (χ3v) is 2.40. The molecule has 0 aromatic heterocycles. The summed E-state index contributed by atoms with van der Waals surface area (Å²) < 4.78 is 0. The molecule has 2 aromatic carbocycles. The first kappa shape index (κ1) is 11.0.